The summed E-state index contributed by atoms with van der Waals surface area (Å²) < 4.78 is 4.91. The van der Waals surface area contributed by atoms with E-state index in [4.69, 9.17) is 4.52 Å². The van der Waals surface area contributed by atoms with Crippen molar-refractivity contribution in [3.05, 3.63) is 11.8 Å². The number of piperidine rings is 1. The van der Waals surface area contributed by atoms with E-state index < -0.39 is 0 Å². The van der Waals surface area contributed by atoms with Crippen LogP contribution >= 0.6 is 0 Å². The Morgan fingerprint density at radius 3 is 2.72 bits per heavy atom. The molecule has 0 saturated carbocycles. The Morgan fingerprint density at radius 2 is 2.17 bits per heavy atom. The number of rotatable bonds is 3. The van der Waals surface area contributed by atoms with E-state index in [0.717, 1.165) is 13.1 Å². The molecule has 1 N–H and O–H groups in total. The van der Waals surface area contributed by atoms with Crippen molar-refractivity contribution in [1.29, 1.82) is 0 Å². The van der Waals surface area contributed by atoms with Crippen LogP contribution in [0.15, 0.2) is 10.6 Å². The van der Waals surface area contributed by atoms with Gasteiger partial charge in [-0.05, 0) is 25.2 Å². The van der Waals surface area contributed by atoms with Gasteiger partial charge in [-0.1, -0.05) is 19.0 Å². The molecule has 1 saturated heterocycles. The molecule has 100 valence electrons. The highest BCUT2D eigenvalue weighted by Gasteiger charge is 2.23. The predicted molar refractivity (Wildman–Crippen MR) is 69.3 cm³/mol. The molecule has 18 heavy (non-hydrogen) atoms. The number of amides is 1. The van der Waals surface area contributed by atoms with Gasteiger partial charge in [0.25, 0.3) is 0 Å². The lowest BCUT2D eigenvalue weighted by atomic mass is 9.92. The van der Waals surface area contributed by atoms with E-state index in [2.05, 4.69) is 29.2 Å². The maximum Gasteiger partial charge on any atom is 0.239 e. The van der Waals surface area contributed by atoms with Gasteiger partial charge in [0.2, 0.25) is 5.91 Å². The summed E-state index contributed by atoms with van der Waals surface area (Å²) in [5.74, 6) is 2.50. The van der Waals surface area contributed by atoms with Gasteiger partial charge >= 0.3 is 0 Å². The zero-order valence-corrected chi connectivity index (χ0v) is 11.3. The minimum Gasteiger partial charge on any atom is -0.360 e. The van der Waals surface area contributed by atoms with E-state index in [-0.39, 0.29) is 5.91 Å². The number of hydrogen-bond acceptors (Lipinski definition) is 4. The number of carbonyl (C=O) groups is 1. The average Bonchev–Trinajstić information content (AvgIpc) is 2.61. The lowest BCUT2D eigenvalue weighted by Crippen LogP contribution is -2.42. The third-order valence-corrected chi connectivity index (χ3v) is 3.21. The zero-order valence-electron chi connectivity index (χ0n) is 11.3. The summed E-state index contributed by atoms with van der Waals surface area (Å²) in [5.41, 5.74) is 0. The first-order valence-electron chi connectivity index (χ1n) is 6.48. The largest absolute Gasteiger partial charge is 0.360 e. The summed E-state index contributed by atoms with van der Waals surface area (Å²) >= 11 is 0. The lowest BCUT2D eigenvalue weighted by Gasteiger charge is -2.34. The average molecular weight is 251 g/mol. The molecule has 0 aliphatic carbocycles. The number of carbonyl (C=O) groups excluding carboxylic acids is 1. The SMILES string of the molecule is Cc1cc(NC(=O)CN2CC(C)CC(C)C2)no1. The Labute approximate surface area is 108 Å². The maximum absolute atomic E-state index is 11.9. The van der Waals surface area contributed by atoms with Gasteiger partial charge in [0.1, 0.15) is 5.76 Å². The molecule has 1 aromatic rings. The highest BCUT2D eigenvalue weighted by atomic mass is 16.5. The van der Waals surface area contributed by atoms with E-state index in [1.807, 2.05) is 0 Å². The summed E-state index contributed by atoms with van der Waals surface area (Å²) in [7, 11) is 0. The molecule has 0 aromatic carbocycles. The molecule has 1 aromatic heterocycles. The van der Waals surface area contributed by atoms with Crippen LogP contribution in [0.1, 0.15) is 26.0 Å². The van der Waals surface area contributed by atoms with E-state index in [1.165, 1.54) is 6.42 Å². The predicted octanol–water partition coefficient (Wildman–Crippen LogP) is 1.90. The zero-order chi connectivity index (χ0) is 13.1. The van der Waals surface area contributed by atoms with Gasteiger partial charge in [0, 0.05) is 19.2 Å². The van der Waals surface area contributed by atoms with Crippen LogP contribution in [0.2, 0.25) is 0 Å². The quantitative estimate of drug-likeness (QED) is 0.891. The Morgan fingerprint density at radius 1 is 1.50 bits per heavy atom. The van der Waals surface area contributed by atoms with E-state index in [0.29, 0.717) is 30.0 Å². The smallest absolute Gasteiger partial charge is 0.239 e. The van der Waals surface area contributed by atoms with Crippen LogP contribution in [0.4, 0.5) is 5.82 Å². The minimum atomic E-state index is -0.0235. The van der Waals surface area contributed by atoms with Crippen LogP contribution in [0.25, 0.3) is 0 Å². The van der Waals surface area contributed by atoms with Gasteiger partial charge in [0.15, 0.2) is 5.82 Å². The standard InChI is InChI=1S/C13H21N3O2/c1-9-4-10(2)7-16(6-9)8-13(17)14-12-5-11(3)18-15-12/h5,9-10H,4,6-8H2,1-3H3,(H,14,15,17). The van der Waals surface area contributed by atoms with Crippen LogP contribution in [0, 0.1) is 18.8 Å². The molecule has 2 rings (SSSR count). The van der Waals surface area contributed by atoms with Crippen LogP contribution in [-0.2, 0) is 4.79 Å². The number of likely N-dealkylation sites (tertiary alicyclic amines) is 1. The van der Waals surface area contributed by atoms with Crippen LogP contribution < -0.4 is 5.32 Å². The first-order valence-corrected chi connectivity index (χ1v) is 6.48. The van der Waals surface area contributed by atoms with Crippen molar-refractivity contribution in [1.82, 2.24) is 10.1 Å². The van der Waals surface area contributed by atoms with E-state index in [1.54, 1.807) is 13.0 Å². The second-order valence-corrected chi connectivity index (χ2v) is 5.51. The van der Waals surface area contributed by atoms with Crippen LogP contribution in [0.5, 0.6) is 0 Å². The molecular formula is C13H21N3O2. The van der Waals surface area contributed by atoms with Crippen LogP contribution in [-0.4, -0.2) is 35.6 Å². The van der Waals surface area contributed by atoms with Crippen molar-refractivity contribution in [2.75, 3.05) is 25.0 Å². The fourth-order valence-electron chi connectivity index (χ4n) is 2.73. The molecular weight excluding hydrogens is 230 g/mol. The third kappa shape index (κ3) is 3.57. The monoisotopic (exact) mass is 251 g/mol. The van der Waals surface area contributed by atoms with Gasteiger partial charge < -0.3 is 9.84 Å². The first kappa shape index (κ1) is 13.1. The highest BCUT2D eigenvalue weighted by Crippen LogP contribution is 2.20. The normalized spacial score (nSPS) is 25.1. The third-order valence-electron chi connectivity index (χ3n) is 3.21. The second-order valence-electron chi connectivity index (χ2n) is 5.51. The Hall–Kier alpha value is -1.36. The summed E-state index contributed by atoms with van der Waals surface area (Å²) in [5, 5.41) is 6.51. The van der Waals surface area contributed by atoms with Crippen molar-refractivity contribution in [3.63, 3.8) is 0 Å². The Kier molecular flexibility index (Phi) is 4.01. The number of hydrogen-bond donors (Lipinski definition) is 1. The van der Waals surface area contributed by atoms with Gasteiger partial charge in [-0.15, -0.1) is 0 Å². The Balaban J connectivity index is 1.83. The lowest BCUT2D eigenvalue weighted by molar-refractivity contribution is -0.117. The fraction of sp³-hybridized carbons (Fsp3) is 0.692. The number of nitrogens with zero attached hydrogens (tertiary/aromatic N) is 2. The topological polar surface area (TPSA) is 58.4 Å². The number of aromatic nitrogens is 1. The molecule has 0 radical (unpaired) electrons. The second kappa shape index (κ2) is 5.52. The molecule has 2 unspecified atom stereocenters. The van der Waals surface area contributed by atoms with Gasteiger partial charge in [-0.3, -0.25) is 9.69 Å². The molecule has 0 spiro atoms. The Bertz CT molecular complexity index is 406. The van der Waals surface area contributed by atoms with E-state index in [9.17, 15) is 4.79 Å². The number of anilines is 1. The molecule has 2 heterocycles. The molecule has 1 aliphatic heterocycles. The summed E-state index contributed by atoms with van der Waals surface area (Å²) in [6, 6.07) is 1.72. The van der Waals surface area contributed by atoms with Crippen molar-refractivity contribution >= 4 is 11.7 Å². The molecule has 1 aliphatic rings. The van der Waals surface area contributed by atoms with Crippen molar-refractivity contribution in [2.24, 2.45) is 11.8 Å². The molecule has 1 fully saturated rings. The van der Waals surface area contributed by atoms with Crippen molar-refractivity contribution in [2.45, 2.75) is 27.2 Å². The summed E-state index contributed by atoms with van der Waals surface area (Å²) in [4.78, 5) is 14.1. The van der Waals surface area contributed by atoms with E-state index >= 15 is 0 Å². The van der Waals surface area contributed by atoms with Gasteiger partial charge in [0.05, 0.1) is 6.54 Å². The van der Waals surface area contributed by atoms with Crippen LogP contribution in [0.3, 0.4) is 0 Å². The van der Waals surface area contributed by atoms with Gasteiger partial charge in [-0.25, -0.2) is 0 Å². The highest BCUT2D eigenvalue weighted by molar-refractivity contribution is 5.91. The molecule has 5 nitrogen and oxygen atoms in total. The summed E-state index contributed by atoms with van der Waals surface area (Å²) in [6.45, 7) is 8.70. The fourth-order valence-corrected chi connectivity index (χ4v) is 2.73. The number of nitrogens with one attached hydrogen (secondary N) is 1. The maximum atomic E-state index is 11.9. The van der Waals surface area contributed by atoms with Gasteiger partial charge in [-0.2, -0.15) is 0 Å². The molecule has 0 bridgehead atoms. The van der Waals surface area contributed by atoms with Crippen molar-refractivity contribution < 1.29 is 9.32 Å². The summed E-state index contributed by atoms with van der Waals surface area (Å²) in [6.07, 6.45) is 1.25. The molecule has 5 heteroatoms. The first-order chi connectivity index (χ1) is 8.52. The molecule has 2 atom stereocenters. The minimum absolute atomic E-state index is 0.0235. The number of aryl methyl sites for hydroxylation is 1. The molecule has 1 amide bonds. The van der Waals surface area contributed by atoms with Crippen molar-refractivity contribution in [3.8, 4) is 0 Å².